The predicted molar refractivity (Wildman–Crippen MR) is 57.5 cm³/mol. The summed E-state index contributed by atoms with van der Waals surface area (Å²) in [4.78, 5) is 3.81. The van der Waals surface area contributed by atoms with Gasteiger partial charge in [-0.3, -0.25) is 0 Å². The third kappa shape index (κ3) is 4.48. The zero-order valence-corrected chi connectivity index (χ0v) is 9.31. The molecule has 0 amide bonds. The first-order valence-corrected chi connectivity index (χ1v) is 5.06. The third-order valence-electron chi connectivity index (χ3n) is 2.00. The summed E-state index contributed by atoms with van der Waals surface area (Å²) < 4.78 is 40.8. The van der Waals surface area contributed by atoms with Crippen molar-refractivity contribution >= 4 is 5.84 Å². The van der Waals surface area contributed by atoms with Crippen molar-refractivity contribution in [3.63, 3.8) is 0 Å². The number of ether oxygens (including phenoxy) is 1. The smallest absolute Gasteiger partial charge is 0.389 e. The molecule has 0 unspecified atom stereocenters. The minimum Gasteiger partial charge on any atom is -0.477 e. The summed E-state index contributed by atoms with van der Waals surface area (Å²) in [7, 11) is 0. The largest absolute Gasteiger partial charge is 0.477 e. The molecule has 100 valence electrons. The summed E-state index contributed by atoms with van der Waals surface area (Å²) >= 11 is 0. The summed E-state index contributed by atoms with van der Waals surface area (Å²) in [5.41, 5.74) is 5.60. The number of pyridine rings is 1. The van der Waals surface area contributed by atoms with Crippen molar-refractivity contribution in [3.8, 4) is 5.88 Å². The van der Waals surface area contributed by atoms with Gasteiger partial charge in [-0.05, 0) is 18.6 Å². The highest BCUT2D eigenvalue weighted by atomic mass is 19.4. The normalized spacial score (nSPS) is 12.5. The third-order valence-corrected chi connectivity index (χ3v) is 2.00. The van der Waals surface area contributed by atoms with E-state index < -0.39 is 12.6 Å². The number of hydrogen-bond donors (Lipinski definition) is 2. The second-order valence-corrected chi connectivity index (χ2v) is 3.41. The maximum Gasteiger partial charge on any atom is 0.389 e. The van der Waals surface area contributed by atoms with Crippen molar-refractivity contribution in [2.24, 2.45) is 10.9 Å². The fraction of sp³-hybridized carbons (Fsp3) is 0.400. The molecule has 0 atom stereocenters. The van der Waals surface area contributed by atoms with Crippen LogP contribution in [-0.4, -0.2) is 28.8 Å². The molecular weight excluding hydrogens is 251 g/mol. The van der Waals surface area contributed by atoms with Gasteiger partial charge in [0.25, 0.3) is 0 Å². The Morgan fingerprint density at radius 3 is 2.83 bits per heavy atom. The molecule has 3 N–H and O–H groups in total. The Labute approximate surface area is 101 Å². The fourth-order valence-electron chi connectivity index (χ4n) is 1.20. The number of nitrogens with two attached hydrogens (primary N) is 1. The monoisotopic (exact) mass is 263 g/mol. The van der Waals surface area contributed by atoms with E-state index in [1.54, 1.807) is 0 Å². The molecule has 0 aromatic carbocycles. The van der Waals surface area contributed by atoms with Crippen LogP contribution >= 0.6 is 0 Å². The first kappa shape index (κ1) is 14.1. The van der Waals surface area contributed by atoms with E-state index in [1.165, 1.54) is 18.3 Å². The van der Waals surface area contributed by atoms with E-state index in [0.717, 1.165) is 0 Å². The molecule has 5 nitrogen and oxygen atoms in total. The summed E-state index contributed by atoms with van der Waals surface area (Å²) in [6, 6.07) is 3.02. The molecule has 0 fully saturated rings. The molecule has 0 aliphatic carbocycles. The lowest BCUT2D eigenvalue weighted by atomic mass is 10.2. The quantitative estimate of drug-likeness (QED) is 0.279. The van der Waals surface area contributed by atoms with Crippen LogP contribution in [0.4, 0.5) is 13.2 Å². The first-order valence-electron chi connectivity index (χ1n) is 5.06. The lowest BCUT2D eigenvalue weighted by Gasteiger charge is -2.10. The number of alkyl halides is 3. The lowest BCUT2D eigenvalue weighted by Crippen LogP contribution is -2.16. The summed E-state index contributed by atoms with van der Waals surface area (Å²) in [5.74, 6) is -0.177. The van der Waals surface area contributed by atoms with E-state index >= 15 is 0 Å². The lowest BCUT2D eigenvalue weighted by molar-refractivity contribution is -0.136. The zero-order valence-electron chi connectivity index (χ0n) is 9.31. The molecule has 0 aliphatic heterocycles. The van der Waals surface area contributed by atoms with Crippen LogP contribution in [0.1, 0.15) is 18.4 Å². The van der Waals surface area contributed by atoms with Crippen LogP contribution in [0.2, 0.25) is 0 Å². The van der Waals surface area contributed by atoms with Gasteiger partial charge in [0.2, 0.25) is 5.88 Å². The number of rotatable bonds is 5. The van der Waals surface area contributed by atoms with Gasteiger partial charge in [0.1, 0.15) is 0 Å². The number of nitrogens with zero attached hydrogens (tertiary/aromatic N) is 2. The van der Waals surface area contributed by atoms with E-state index in [1.807, 2.05) is 0 Å². The number of hydrogen-bond acceptors (Lipinski definition) is 4. The summed E-state index contributed by atoms with van der Waals surface area (Å²) in [5, 5.41) is 11.3. The second kappa shape index (κ2) is 6.08. The molecule has 18 heavy (non-hydrogen) atoms. The average molecular weight is 263 g/mol. The zero-order chi connectivity index (χ0) is 13.6. The van der Waals surface area contributed by atoms with E-state index in [2.05, 4.69) is 10.1 Å². The SMILES string of the molecule is N/C(=N/O)c1cccnc1OCCCC(F)(F)F. The van der Waals surface area contributed by atoms with Crippen LogP contribution in [0.15, 0.2) is 23.5 Å². The van der Waals surface area contributed by atoms with Crippen LogP contribution in [0.25, 0.3) is 0 Å². The van der Waals surface area contributed by atoms with Crippen molar-refractivity contribution < 1.29 is 23.1 Å². The molecular formula is C10H12F3N3O2. The molecule has 1 aromatic heterocycles. The van der Waals surface area contributed by atoms with Gasteiger partial charge >= 0.3 is 6.18 Å². The van der Waals surface area contributed by atoms with Crippen LogP contribution in [0, 0.1) is 0 Å². The second-order valence-electron chi connectivity index (χ2n) is 3.41. The molecule has 0 saturated carbocycles. The molecule has 1 heterocycles. The minimum atomic E-state index is -4.21. The van der Waals surface area contributed by atoms with Crippen molar-refractivity contribution in [2.75, 3.05) is 6.61 Å². The highest BCUT2D eigenvalue weighted by Gasteiger charge is 2.26. The Morgan fingerprint density at radius 1 is 1.50 bits per heavy atom. The Balaban J connectivity index is 2.57. The number of halogens is 3. The topological polar surface area (TPSA) is 80.7 Å². The van der Waals surface area contributed by atoms with Crippen molar-refractivity contribution in [1.82, 2.24) is 4.98 Å². The van der Waals surface area contributed by atoms with Gasteiger partial charge in [-0.25, -0.2) is 4.98 Å². The number of aromatic nitrogens is 1. The highest BCUT2D eigenvalue weighted by molar-refractivity contribution is 5.98. The van der Waals surface area contributed by atoms with Crippen LogP contribution < -0.4 is 10.5 Å². The van der Waals surface area contributed by atoms with Gasteiger partial charge in [-0.2, -0.15) is 13.2 Å². The van der Waals surface area contributed by atoms with Gasteiger partial charge in [-0.1, -0.05) is 5.16 Å². The van der Waals surface area contributed by atoms with E-state index in [4.69, 9.17) is 15.7 Å². The Bertz CT molecular complexity index is 421. The van der Waals surface area contributed by atoms with Gasteiger partial charge in [0, 0.05) is 12.6 Å². The van der Waals surface area contributed by atoms with Gasteiger partial charge < -0.3 is 15.7 Å². The highest BCUT2D eigenvalue weighted by Crippen LogP contribution is 2.21. The van der Waals surface area contributed by atoms with Crippen molar-refractivity contribution in [1.29, 1.82) is 0 Å². The van der Waals surface area contributed by atoms with Crippen LogP contribution in [0.5, 0.6) is 5.88 Å². The molecule has 0 spiro atoms. The molecule has 1 aromatic rings. The van der Waals surface area contributed by atoms with E-state index in [9.17, 15) is 13.2 Å². The summed E-state index contributed by atoms with van der Waals surface area (Å²) in [6.45, 7) is -0.151. The van der Waals surface area contributed by atoms with Crippen LogP contribution in [-0.2, 0) is 0 Å². The molecule has 8 heteroatoms. The Morgan fingerprint density at radius 2 is 2.22 bits per heavy atom. The predicted octanol–water partition coefficient (Wildman–Crippen LogP) is 1.90. The molecule has 0 saturated heterocycles. The standard InChI is InChI=1S/C10H12F3N3O2/c11-10(12,13)4-2-6-18-9-7(8(14)16-17)3-1-5-15-9/h1,3,5,17H,2,4,6H2,(H2,14,16). The molecule has 0 bridgehead atoms. The Kier molecular flexibility index (Phi) is 4.75. The molecule has 0 radical (unpaired) electrons. The van der Waals surface area contributed by atoms with Crippen LogP contribution in [0.3, 0.4) is 0 Å². The van der Waals surface area contributed by atoms with Gasteiger partial charge in [-0.15, -0.1) is 0 Å². The minimum absolute atomic E-state index is 0.0370. The fourth-order valence-corrected chi connectivity index (χ4v) is 1.20. The summed E-state index contributed by atoms with van der Waals surface area (Å²) in [6.07, 6.45) is -3.93. The van der Waals surface area contributed by atoms with Gasteiger partial charge in [0.15, 0.2) is 5.84 Å². The number of oxime groups is 1. The van der Waals surface area contributed by atoms with Crippen molar-refractivity contribution in [2.45, 2.75) is 19.0 Å². The molecule has 0 aliphatic rings. The average Bonchev–Trinajstić information content (AvgIpc) is 2.33. The molecule has 1 rings (SSSR count). The Hall–Kier alpha value is -1.99. The van der Waals surface area contributed by atoms with E-state index in [-0.39, 0.29) is 30.3 Å². The maximum atomic E-state index is 11.9. The first-order chi connectivity index (χ1) is 8.44. The van der Waals surface area contributed by atoms with E-state index in [0.29, 0.717) is 0 Å². The number of amidine groups is 1. The van der Waals surface area contributed by atoms with Crippen molar-refractivity contribution in [3.05, 3.63) is 23.9 Å². The van der Waals surface area contributed by atoms with Gasteiger partial charge in [0.05, 0.1) is 12.2 Å². The maximum absolute atomic E-state index is 11.9.